The highest BCUT2D eigenvalue weighted by molar-refractivity contribution is 7.09. The number of aromatic nitrogens is 3. The van der Waals surface area contributed by atoms with Gasteiger partial charge in [-0.2, -0.15) is 0 Å². The van der Waals surface area contributed by atoms with Crippen LogP contribution < -0.4 is 5.32 Å². The van der Waals surface area contributed by atoms with Crippen molar-refractivity contribution in [2.45, 2.75) is 33.2 Å². The first kappa shape index (κ1) is 20.5. The van der Waals surface area contributed by atoms with Crippen LogP contribution in [0.15, 0.2) is 60.0 Å². The number of thiazole rings is 1. The Morgan fingerprint density at radius 2 is 1.60 bits per heavy atom. The van der Waals surface area contributed by atoms with Gasteiger partial charge < -0.3 is 5.32 Å². The van der Waals surface area contributed by atoms with Crippen LogP contribution >= 0.6 is 22.9 Å². The number of hydrogen-bond donors (Lipinski definition) is 1. The molecule has 30 heavy (non-hydrogen) atoms. The molecule has 2 aromatic heterocycles. The Labute approximate surface area is 186 Å². The summed E-state index contributed by atoms with van der Waals surface area (Å²) in [6.07, 6.45) is 1.61. The molecule has 0 unspecified atom stereocenters. The fourth-order valence-corrected chi connectivity index (χ4v) is 4.31. The van der Waals surface area contributed by atoms with E-state index in [1.807, 2.05) is 44.2 Å². The highest BCUT2D eigenvalue weighted by atomic mass is 35.5. The molecule has 0 saturated carbocycles. The molecule has 0 aliphatic rings. The zero-order valence-corrected chi connectivity index (χ0v) is 18.6. The SMILES string of the molecule is Cc1nc(C)c(Cc2ccc(Cl)cc2)c(NCc2csc(Cc3ccccc3)n2)n1. The topological polar surface area (TPSA) is 50.7 Å². The van der Waals surface area contributed by atoms with E-state index >= 15 is 0 Å². The van der Waals surface area contributed by atoms with E-state index in [2.05, 4.69) is 44.9 Å². The standard InChI is InChI=1S/C24H23ClN4S/c1-16-22(12-19-8-10-20(25)11-9-19)24(28-17(2)27-16)26-14-21-15-30-23(29-21)13-18-6-4-3-5-7-18/h3-11,15H,12-14H2,1-2H3,(H,26,27,28). The highest BCUT2D eigenvalue weighted by Gasteiger charge is 2.12. The lowest BCUT2D eigenvalue weighted by Gasteiger charge is -2.14. The fraction of sp³-hybridized carbons (Fsp3) is 0.208. The molecule has 4 nitrogen and oxygen atoms in total. The van der Waals surface area contributed by atoms with Crippen molar-refractivity contribution < 1.29 is 0 Å². The molecule has 4 rings (SSSR count). The maximum Gasteiger partial charge on any atom is 0.133 e. The molecule has 4 aromatic rings. The van der Waals surface area contributed by atoms with Crippen LogP contribution in [0.3, 0.4) is 0 Å². The van der Waals surface area contributed by atoms with Gasteiger partial charge in [-0.15, -0.1) is 11.3 Å². The van der Waals surface area contributed by atoms with Gasteiger partial charge in [0.15, 0.2) is 0 Å². The lowest BCUT2D eigenvalue weighted by molar-refractivity contribution is 0.936. The predicted octanol–water partition coefficient (Wildman–Crippen LogP) is 6.00. The second kappa shape index (κ2) is 9.37. The van der Waals surface area contributed by atoms with Crippen LogP contribution in [0.25, 0.3) is 0 Å². The van der Waals surface area contributed by atoms with Gasteiger partial charge in [0, 0.05) is 34.5 Å². The van der Waals surface area contributed by atoms with Crippen LogP contribution in [0.2, 0.25) is 5.02 Å². The lowest BCUT2D eigenvalue weighted by Crippen LogP contribution is -2.10. The molecule has 1 N–H and O–H groups in total. The summed E-state index contributed by atoms with van der Waals surface area (Å²) in [7, 11) is 0. The summed E-state index contributed by atoms with van der Waals surface area (Å²) in [5.74, 6) is 1.63. The molecule has 2 heterocycles. The number of aryl methyl sites for hydroxylation is 2. The van der Waals surface area contributed by atoms with Crippen molar-refractivity contribution >= 4 is 28.8 Å². The number of nitrogens with zero attached hydrogens (tertiary/aromatic N) is 3. The third-order valence-corrected chi connectivity index (χ3v) is 6.00. The number of hydrogen-bond acceptors (Lipinski definition) is 5. The minimum absolute atomic E-state index is 0.634. The molecule has 0 fully saturated rings. The predicted molar refractivity (Wildman–Crippen MR) is 124 cm³/mol. The van der Waals surface area contributed by atoms with Crippen LogP contribution in [-0.4, -0.2) is 15.0 Å². The molecule has 0 spiro atoms. The molecule has 0 amide bonds. The van der Waals surface area contributed by atoms with Crippen LogP contribution in [0, 0.1) is 13.8 Å². The minimum atomic E-state index is 0.634. The molecule has 0 aliphatic heterocycles. The Morgan fingerprint density at radius 1 is 0.867 bits per heavy atom. The molecule has 0 bridgehead atoms. The molecule has 0 atom stereocenters. The van der Waals surface area contributed by atoms with Crippen LogP contribution in [0.1, 0.15) is 38.9 Å². The van der Waals surface area contributed by atoms with Gasteiger partial charge in [-0.3, -0.25) is 0 Å². The first-order chi connectivity index (χ1) is 14.6. The second-order valence-electron chi connectivity index (χ2n) is 7.24. The van der Waals surface area contributed by atoms with Crippen molar-refractivity contribution in [1.29, 1.82) is 0 Å². The van der Waals surface area contributed by atoms with E-state index in [0.717, 1.165) is 51.5 Å². The monoisotopic (exact) mass is 434 g/mol. The molecule has 6 heteroatoms. The second-order valence-corrected chi connectivity index (χ2v) is 8.61. The Bertz CT molecular complexity index is 1120. The number of benzene rings is 2. The van der Waals surface area contributed by atoms with E-state index in [4.69, 9.17) is 16.6 Å². The van der Waals surface area contributed by atoms with E-state index in [0.29, 0.717) is 6.54 Å². The van der Waals surface area contributed by atoms with E-state index in [9.17, 15) is 0 Å². The van der Waals surface area contributed by atoms with E-state index in [-0.39, 0.29) is 0 Å². The average molecular weight is 435 g/mol. The van der Waals surface area contributed by atoms with Crippen molar-refractivity contribution in [2.24, 2.45) is 0 Å². The number of anilines is 1. The lowest BCUT2D eigenvalue weighted by atomic mass is 10.0. The quantitative estimate of drug-likeness (QED) is 0.387. The summed E-state index contributed by atoms with van der Waals surface area (Å²) in [4.78, 5) is 14.0. The van der Waals surface area contributed by atoms with Crippen molar-refractivity contribution in [2.75, 3.05) is 5.32 Å². The Hall–Kier alpha value is -2.76. The molecule has 2 aromatic carbocycles. The molecule has 0 saturated heterocycles. The van der Waals surface area contributed by atoms with Crippen LogP contribution in [0.4, 0.5) is 5.82 Å². The first-order valence-electron chi connectivity index (χ1n) is 9.86. The minimum Gasteiger partial charge on any atom is -0.364 e. The average Bonchev–Trinajstić information content (AvgIpc) is 3.18. The van der Waals surface area contributed by atoms with Gasteiger partial charge >= 0.3 is 0 Å². The Kier molecular flexibility index (Phi) is 6.41. The Morgan fingerprint density at radius 3 is 2.37 bits per heavy atom. The smallest absolute Gasteiger partial charge is 0.133 e. The van der Waals surface area contributed by atoms with Gasteiger partial charge in [0.2, 0.25) is 0 Å². The van der Waals surface area contributed by atoms with Crippen LogP contribution in [0.5, 0.6) is 0 Å². The zero-order chi connectivity index (χ0) is 20.9. The maximum absolute atomic E-state index is 6.03. The van der Waals surface area contributed by atoms with Gasteiger partial charge in [-0.1, -0.05) is 54.1 Å². The summed E-state index contributed by atoms with van der Waals surface area (Å²) in [5.41, 5.74) is 5.57. The zero-order valence-electron chi connectivity index (χ0n) is 17.0. The third-order valence-electron chi connectivity index (χ3n) is 4.85. The van der Waals surface area contributed by atoms with Crippen molar-refractivity contribution in [3.63, 3.8) is 0 Å². The van der Waals surface area contributed by atoms with E-state index < -0.39 is 0 Å². The van der Waals surface area contributed by atoms with Crippen LogP contribution in [-0.2, 0) is 19.4 Å². The first-order valence-corrected chi connectivity index (χ1v) is 11.1. The van der Waals surface area contributed by atoms with Crippen molar-refractivity contribution in [3.05, 3.63) is 104 Å². The molecular weight excluding hydrogens is 412 g/mol. The normalized spacial score (nSPS) is 10.9. The maximum atomic E-state index is 6.03. The summed E-state index contributed by atoms with van der Waals surface area (Å²) >= 11 is 7.72. The Balaban J connectivity index is 1.48. The van der Waals surface area contributed by atoms with Gasteiger partial charge in [-0.05, 0) is 37.1 Å². The summed E-state index contributed by atoms with van der Waals surface area (Å²) in [6, 6.07) is 18.3. The van der Waals surface area contributed by atoms with Gasteiger partial charge in [0.1, 0.15) is 11.6 Å². The largest absolute Gasteiger partial charge is 0.364 e. The van der Waals surface area contributed by atoms with Crippen molar-refractivity contribution in [3.8, 4) is 0 Å². The number of halogens is 1. The summed E-state index contributed by atoms with van der Waals surface area (Å²) < 4.78 is 0. The highest BCUT2D eigenvalue weighted by Crippen LogP contribution is 2.23. The number of nitrogens with one attached hydrogen (secondary N) is 1. The summed E-state index contributed by atoms with van der Waals surface area (Å²) in [6.45, 7) is 4.59. The molecule has 152 valence electrons. The summed E-state index contributed by atoms with van der Waals surface area (Å²) in [5, 5.41) is 7.46. The molecule has 0 radical (unpaired) electrons. The van der Waals surface area contributed by atoms with Gasteiger partial charge in [0.05, 0.1) is 17.2 Å². The fourth-order valence-electron chi connectivity index (χ4n) is 3.36. The van der Waals surface area contributed by atoms with E-state index in [1.165, 1.54) is 11.1 Å². The van der Waals surface area contributed by atoms with Gasteiger partial charge in [-0.25, -0.2) is 15.0 Å². The number of rotatable bonds is 7. The molecule has 0 aliphatic carbocycles. The van der Waals surface area contributed by atoms with E-state index in [1.54, 1.807) is 11.3 Å². The van der Waals surface area contributed by atoms with Crippen molar-refractivity contribution in [1.82, 2.24) is 15.0 Å². The van der Waals surface area contributed by atoms with Gasteiger partial charge in [0.25, 0.3) is 0 Å². The third kappa shape index (κ3) is 5.23. The molecular formula is C24H23ClN4S.